The van der Waals surface area contributed by atoms with Gasteiger partial charge in [0.05, 0.1) is 7.11 Å². The Hall–Kier alpha value is -1.49. The molecule has 0 saturated heterocycles. The van der Waals surface area contributed by atoms with Crippen LogP contribution in [-0.2, 0) is 14.9 Å². The van der Waals surface area contributed by atoms with E-state index in [0.717, 1.165) is 0 Å². The number of nitriles is 1. The lowest BCUT2D eigenvalue weighted by atomic mass is 10.4. The van der Waals surface area contributed by atoms with Crippen LogP contribution in [0.4, 0.5) is 0 Å². The van der Waals surface area contributed by atoms with Crippen LogP contribution in [0.25, 0.3) is 0 Å². The van der Waals surface area contributed by atoms with E-state index in [1.54, 1.807) is 6.07 Å². The van der Waals surface area contributed by atoms with E-state index in [9.17, 15) is 8.42 Å². The molecule has 0 spiro atoms. The minimum absolute atomic E-state index is 0.151. The van der Waals surface area contributed by atoms with E-state index in [0.29, 0.717) is 4.47 Å². The first-order valence-corrected chi connectivity index (χ1v) is 5.36. The van der Waals surface area contributed by atoms with E-state index in [-0.39, 0.29) is 10.6 Å². The van der Waals surface area contributed by atoms with Crippen LogP contribution in [0.5, 0.6) is 0 Å². The van der Waals surface area contributed by atoms with Gasteiger partial charge < -0.3 is 0 Å². The molecule has 0 bridgehead atoms. The molecule has 0 fully saturated rings. The van der Waals surface area contributed by atoms with E-state index >= 15 is 0 Å². The van der Waals surface area contributed by atoms with Gasteiger partial charge in [0.25, 0.3) is 10.0 Å². The van der Waals surface area contributed by atoms with Gasteiger partial charge in [0.15, 0.2) is 5.69 Å². The lowest BCUT2D eigenvalue weighted by Gasteiger charge is -2.14. The van der Waals surface area contributed by atoms with E-state index in [1.165, 1.54) is 32.5 Å². The molecule has 15 heavy (non-hydrogen) atoms. The van der Waals surface area contributed by atoms with Crippen molar-refractivity contribution in [2.24, 2.45) is 0 Å². The van der Waals surface area contributed by atoms with E-state index < -0.39 is 10.0 Å². The summed E-state index contributed by atoms with van der Waals surface area (Å²) in [5.41, 5.74) is -0.151. The van der Waals surface area contributed by atoms with Crippen LogP contribution in [0.2, 0.25) is 0 Å². The Balaban J connectivity index is 3.35. The van der Waals surface area contributed by atoms with Crippen molar-refractivity contribution in [3.05, 3.63) is 24.0 Å². The number of hydrogen-bond acceptors (Lipinski definition) is 5. The van der Waals surface area contributed by atoms with Gasteiger partial charge in [-0.05, 0) is 12.1 Å². The van der Waals surface area contributed by atoms with Crippen molar-refractivity contribution in [2.75, 3.05) is 14.2 Å². The highest BCUT2D eigenvalue weighted by Crippen LogP contribution is 2.16. The second-order valence-corrected chi connectivity index (χ2v) is 4.46. The van der Waals surface area contributed by atoms with Crippen molar-refractivity contribution in [3.8, 4) is 6.07 Å². The molecule has 0 aliphatic carbocycles. The fraction of sp³-hybridized carbons (Fsp3) is 0.250. The monoisotopic (exact) mass is 227 g/mol. The number of pyridine rings is 1. The highest BCUT2D eigenvalue weighted by atomic mass is 32.2. The van der Waals surface area contributed by atoms with E-state index in [1.807, 2.05) is 0 Å². The molecule has 80 valence electrons. The van der Waals surface area contributed by atoms with Crippen LogP contribution in [0.3, 0.4) is 0 Å². The lowest BCUT2D eigenvalue weighted by molar-refractivity contribution is -0.0258. The van der Waals surface area contributed by atoms with Gasteiger partial charge >= 0.3 is 0 Å². The van der Waals surface area contributed by atoms with Crippen LogP contribution in [0.1, 0.15) is 5.69 Å². The second kappa shape index (κ2) is 4.35. The number of nitrogens with zero attached hydrogens (tertiary/aromatic N) is 3. The largest absolute Gasteiger partial charge is 0.288 e. The van der Waals surface area contributed by atoms with Gasteiger partial charge in [-0.3, -0.25) is 4.84 Å². The molecule has 6 nitrogen and oxygen atoms in total. The fourth-order valence-corrected chi connectivity index (χ4v) is 1.99. The Morgan fingerprint density at radius 3 is 2.80 bits per heavy atom. The molecule has 1 aromatic rings. The summed E-state index contributed by atoms with van der Waals surface area (Å²) in [6.45, 7) is 0. The Kier molecular flexibility index (Phi) is 3.36. The normalized spacial score (nSPS) is 11.3. The predicted molar refractivity (Wildman–Crippen MR) is 50.9 cm³/mol. The van der Waals surface area contributed by atoms with Gasteiger partial charge in [-0.25, -0.2) is 13.4 Å². The first kappa shape index (κ1) is 11.6. The van der Waals surface area contributed by atoms with Crippen molar-refractivity contribution < 1.29 is 13.3 Å². The molecule has 1 aromatic heterocycles. The van der Waals surface area contributed by atoms with Crippen molar-refractivity contribution in [1.82, 2.24) is 9.45 Å². The Bertz CT molecular complexity index is 492. The van der Waals surface area contributed by atoms with Gasteiger partial charge in [0.1, 0.15) is 11.0 Å². The SMILES string of the molecule is CON(C)S(=O)(=O)c1cccnc1C#N. The molecule has 1 rings (SSSR count). The maximum Gasteiger partial charge on any atom is 0.267 e. The predicted octanol–water partition coefficient (Wildman–Crippen LogP) is 0.135. The van der Waals surface area contributed by atoms with Gasteiger partial charge in [0, 0.05) is 13.2 Å². The molecule has 0 saturated carbocycles. The van der Waals surface area contributed by atoms with Crippen molar-refractivity contribution in [1.29, 1.82) is 5.26 Å². The summed E-state index contributed by atoms with van der Waals surface area (Å²) in [6, 6.07) is 4.45. The van der Waals surface area contributed by atoms with Crippen LogP contribution in [0.15, 0.2) is 23.2 Å². The first-order chi connectivity index (χ1) is 7.04. The number of hydrogen-bond donors (Lipinski definition) is 0. The van der Waals surface area contributed by atoms with Crippen molar-refractivity contribution in [3.63, 3.8) is 0 Å². The molecule has 0 aliphatic rings. The first-order valence-electron chi connectivity index (χ1n) is 3.92. The molecule has 0 N–H and O–H groups in total. The third-order valence-electron chi connectivity index (χ3n) is 1.75. The summed E-state index contributed by atoms with van der Waals surface area (Å²) < 4.78 is 24.2. The molecular formula is C8H9N3O3S. The third-order valence-corrected chi connectivity index (χ3v) is 3.46. The Labute approximate surface area is 87.7 Å². The van der Waals surface area contributed by atoms with E-state index in [2.05, 4.69) is 9.82 Å². The summed E-state index contributed by atoms with van der Waals surface area (Å²) in [5.74, 6) is 0. The average Bonchev–Trinajstić information content (AvgIpc) is 2.27. The molecule has 0 radical (unpaired) electrons. The molecular weight excluding hydrogens is 218 g/mol. The Morgan fingerprint density at radius 1 is 1.60 bits per heavy atom. The molecule has 0 aliphatic heterocycles. The topological polar surface area (TPSA) is 83.3 Å². The summed E-state index contributed by atoms with van der Waals surface area (Å²) in [6.07, 6.45) is 1.35. The molecule has 0 atom stereocenters. The molecule has 0 unspecified atom stereocenters. The number of rotatable bonds is 3. The van der Waals surface area contributed by atoms with Crippen LogP contribution < -0.4 is 0 Å². The van der Waals surface area contributed by atoms with Crippen molar-refractivity contribution in [2.45, 2.75) is 4.90 Å². The van der Waals surface area contributed by atoms with Gasteiger partial charge in [0.2, 0.25) is 0 Å². The number of sulfonamides is 1. The average molecular weight is 227 g/mol. The quantitative estimate of drug-likeness (QED) is 0.685. The summed E-state index contributed by atoms with van der Waals surface area (Å²) >= 11 is 0. The molecule has 0 amide bonds. The maximum atomic E-state index is 11.8. The minimum Gasteiger partial charge on any atom is -0.288 e. The zero-order valence-corrected chi connectivity index (χ0v) is 9.02. The molecule has 7 heteroatoms. The number of aromatic nitrogens is 1. The van der Waals surface area contributed by atoms with Gasteiger partial charge in [-0.1, -0.05) is 4.47 Å². The fourth-order valence-electron chi connectivity index (χ4n) is 0.919. The van der Waals surface area contributed by atoms with Crippen molar-refractivity contribution >= 4 is 10.0 Å². The standard InChI is InChI=1S/C8H9N3O3S/c1-11(14-2)15(12,13)8-4-3-5-10-7(8)6-9/h3-5H,1-2H3. The minimum atomic E-state index is -3.81. The van der Waals surface area contributed by atoms with E-state index in [4.69, 9.17) is 5.26 Å². The summed E-state index contributed by atoms with van der Waals surface area (Å²) in [4.78, 5) is 8.07. The Morgan fingerprint density at radius 2 is 2.27 bits per heavy atom. The van der Waals surface area contributed by atoms with Crippen LogP contribution in [-0.4, -0.2) is 32.0 Å². The smallest absolute Gasteiger partial charge is 0.267 e. The maximum absolute atomic E-state index is 11.8. The highest BCUT2D eigenvalue weighted by Gasteiger charge is 2.24. The lowest BCUT2D eigenvalue weighted by Crippen LogP contribution is -2.26. The van der Waals surface area contributed by atoms with Crippen LogP contribution in [0, 0.1) is 11.3 Å². The second-order valence-electron chi connectivity index (χ2n) is 2.56. The molecule has 1 heterocycles. The van der Waals surface area contributed by atoms with Gasteiger partial charge in [-0.15, -0.1) is 0 Å². The zero-order chi connectivity index (χ0) is 11.5. The summed E-state index contributed by atoms with van der Waals surface area (Å²) in [5, 5.41) is 8.70. The van der Waals surface area contributed by atoms with Gasteiger partial charge in [-0.2, -0.15) is 5.26 Å². The third kappa shape index (κ3) is 2.12. The summed E-state index contributed by atoms with van der Waals surface area (Å²) in [7, 11) is -1.34. The highest BCUT2D eigenvalue weighted by molar-refractivity contribution is 7.89. The molecule has 0 aromatic carbocycles. The van der Waals surface area contributed by atoms with Crippen LogP contribution >= 0.6 is 0 Å². The zero-order valence-electron chi connectivity index (χ0n) is 8.21. The number of hydroxylamine groups is 1.